The number of hydrogen-bond donors (Lipinski definition) is 0. The molecule has 0 aromatic carbocycles. The van der Waals surface area contributed by atoms with Crippen LogP contribution in [0.5, 0.6) is 0 Å². The third kappa shape index (κ3) is 2.96. The molecule has 1 aliphatic heterocycles. The van der Waals surface area contributed by atoms with Gasteiger partial charge in [0, 0.05) is 18.9 Å². The first kappa shape index (κ1) is 12.6. The van der Waals surface area contributed by atoms with Crippen LogP contribution in [0.2, 0.25) is 0 Å². The fourth-order valence-corrected chi connectivity index (χ4v) is 3.05. The Hall–Kier alpha value is -1.39. The van der Waals surface area contributed by atoms with E-state index in [1.54, 1.807) is 0 Å². The van der Waals surface area contributed by atoms with E-state index in [4.69, 9.17) is 4.52 Å². The van der Waals surface area contributed by atoms with Crippen molar-refractivity contribution < 1.29 is 9.32 Å². The lowest BCUT2D eigenvalue weighted by atomic mass is 10.1. The van der Waals surface area contributed by atoms with E-state index >= 15 is 0 Å². The smallest absolute Gasteiger partial charge is 0.246 e. The minimum Gasteiger partial charge on any atom is -0.337 e. The molecule has 19 heavy (non-hydrogen) atoms. The van der Waals surface area contributed by atoms with Crippen LogP contribution in [0, 0.1) is 0 Å². The van der Waals surface area contributed by atoms with E-state index in [0.717, 1.165) is 31.6 Å². The van der Waals surface area contributed by atoms with Gasteiger partial charge >= 0.3 is 0 Å². The van der Waals surface area contributed by atoms with Crippen molar-refractivity contribution in [3.05, 3.63) is 11.7 Å². The number of likely N-dealkylation sites (tertiary alicyclic amines) is 1. The Morgan fingerprint density at radius 1 is 1.16 bits per heavy atom. The normalized spacial score (nSPS) is 21.9. The topological polar surface area (TPSA) is 59.2 Å². The van der Waals surface area contributed by atoms with Crippen molar-refractivity contribution >= 4 is 5.91 Å². The first-order chi connectivity index (χ1) is 9.33. The Kier molecular flexibility index (Phi) is 3.80. The number of hydrogen-bond acceptors (Lipinski definition) is 4. The lowest BCUT2D eigenvalue weighted by molar-refractivity contribution is -0.131. The molecule has 2 aliphatic rings. The van der Waals surface area contributed by atoms with E-state index in [9.17, 15) is 4.79 Å². The number of rotatable bonds is 3. The zero-order chi connectivity index (χ0) is 13.1. The largest absolute Gasteiger partial charge is 0.337 e. The minimum atomic E-state index is 0.220. The SMILES string of the molecule is O=C1CCCCCN1Cc1nc(C2CCCC2)no1. The molecule has 5 nitrogen and oxygen atoms in total. The first-order valence-corrected chi connectivity index (χ1v) is 7.43. The highest BCUT2D eigenvalue weighted by molar-refractivity contribution is 5.76. The van der Waals surface area contributed by atoms with Gasteiger partial charge in [0.2, 0.25) is 11.8 Å². The molecule has 0 unspecified atom stereocenters. The summed E-state index contributed by atoms with van der Waals surface area (Å²) in [5.41, 5.74) is 0. The Balaban J connectivity index is 1.64. The predicted molar refractivity (Wildman–Crippen MR) is 69.4 cm³/mol. The summed E-state index contributed by atoms with van der Waals surface area (Å²) in [5.74, 6) is 2.13. The maximum absolute atomic E-state index is 11.9. The van der Waals surface area contributed by atoms with Crippen molar-refractivity contribution in [3.8, 4) is 0 Å². The van der Waals surface area contributed by atoms with Crippen molar-refractivity contribution in [2.24, 2.45) is 0 Å². The second kappa shape index (κ2) is 5.72. The van der Waals surface area contributed by atoms with Gasteiger partial charge in [-0.25, -0.2) is 0 Å². The molecule has 0 spiro atoms. The highest BCUT2D eigenvalue weighted by Gasteiger charge is 2.24. The number of carbonyl (C=O) groups excluding carboxylic acids is 1. The second-order valence-electron chi connectivity index (χ2n) is 5.65. The molecule has 1 amide bonds. The third-order valence-corrected chi connectivity index (χ3v) is 4.20. The van der Waals surface area contributed by atoms with Crippen LogP contribution in [-0.4, -0.2) is 27.5 Å². The molecule has 1 saturated carbocycles. The van der Waals surface area contributed by atoms with Crippen LogP contribution in [0.1, 0.15) is 69.0 Å². The summed E-state index contributed by atoms with van der Waals surface area (Å²) in [6.07, 6.45) is 8.74. The average Bonchev–Trinajstić information content (AvgIpc) is 3.03. The van der Waals surface area contributed by atoms with Crippen LogP contribution >= 0.6 is 0 Å². The number of nitrogens with zero attached hydrogens (tertiary/aromatic N) is 3. The Labute approximate surface area is 113 Å². The monoisotopic (exact) mass is 263 g/mol. The Bertz CT molecular complexity index is 438. The van der Waals surface area contributed by atoms with E-state index < -0.39 is 0 Å². The maximum atomic E-state index is 11.9. The van der Waals surface area contributed by atoms with Gasteiger partial charge in [0.25, 0.3) is 0 Å². The van der Waals surface area contributed by atoms with Crippen molar-refractivity contribution in [2.75, 3.05) is 6.54 Å². The first-order valence-electron chi connectivity index (χ1n) is 7.43. The summed E-state index contributed by atoms with van der Waals surface area (Å²) in [5, 5.41) is 4.09. The summed E-state index contributed by atoms with van der Waals surface area (Å²) >= 11 is 0. The minimum absolute atomic E-state index is 0.220. The molecule has 1 saturated heterocycles. The Morgan fingerprint density at radius 3 is 2.84 bits per heavy atom. The summed E-state index contributed by atoms with van der Waals surface area (Å²) in [7, 11) is 0. The fraction of sp³-hybridized carbons (Fsp3) is 0.786. The van der Waals surface area contributed by atoms with E-state index in [0.29, 0.717) is 24.8 Å². The van der Waals surface area contributed by atoms with Crippen molar-refractivity contribution in [2.45, 2.75) is 63.8 Å². The van der Waals surface area contributed by atoms with Gasteiger partial charge < -0.3 is 9.42 Å². The van der Waals surface area contributed by atoms with E-state index in [-0.39, 0.29) is 5.91 Å². The zero-order valence-corrected chi connectivity index (χ0v) is 11.3. The number of amides is 1. The second-order valence-corrected chi connectivity index (χ2v) is 5.65. The quantitative estimate of drug-likeness (QED) is 0.841. The van der Waals surface area contributed by atoms with Crippen LogP contribution in [0.4, 0.5) is 0 Å². The fourth-order valence-electron chi connectivity index (χ4n) is 3.05. The van der Waals surface area contributed by atoms with Crippen LogP contribution < -0.4 is 0 Å². The van der Waals surface area contributed by atoms with Gasteiger partial charge in [-0.05, 0) is 25.7 Å². The molecule has 0 bridgehead atoms. The summed E-state index contributed by atoms with van der Waals surface area (Å²) in [6.45, 7) is 1.30. The van der Waals surface area contributed by atoms with Gasteiger partial charge in [0.15, 0.2) is 5.82 Å². The summed E-state index contributed by atoms with van der Waals surface area (Å²) in [6, 6.07) is 0. The summed E-state index contributed by atoms with van der Waals surface area (Å²) < 4.78 is 5.31. The molecule has 1 aliphatic carbocycles. The summed E-state index contributed by atoms with van der Waals surface area (Å²) in [4.78, 5) is 18.3. The van der Waals surface area contributed by atoms with Crippen LogP contribution in [0.15, 0.2) is 4.52 Å². The lowest BCUT2D eigenvalue weighted by Gasteiger charge is -2.17. The van der Waals surface area contributed by atoms with Gasteiger partial charge in [0.05, 0.1) is 6.54 Å². The molecule has 0 radical (unpaired) electrons. The predicted octanol–water partition coefficient (Wildman–Crippen LogP) is 2.63. The molecule has 0 N–H and O–H groups in total. The van der Waals surface area contributed by atoms with E-state index in [1.165, 1.54) is 25.7 Å². The highest BCUT2D eigenvalue weighted by atomic mass is 16.5. The van der Waals surface area contributed by atoms with E-state index in [1.807, 2.05) is 4.90 Å². The molecule has 3 rings (SSSR count). The average molecular weight is 263 g/mol. The molecule has 1 aromatic heterocycles. The van der Waals surface area contributed by atoms with Crippen LogP contribution in [0.25, 0.3) is 0 Å². The van der Waals surface area contributed by atoms with Gasteiger partial charge in [0.1, 0.15) is 0 Å². The van der Waals surface area contributed by atoms with Gasteiger partial charge in [-0.2, -0.15) is 4.98 Å². The number of aromatic nitrogens is 2. The van der Waals surface area contributed by atoms with Crippen LogP contribution in [-0.2, 0) is 11.3 Å². The standard InChI is InChI=1S/C14H21N3O2/c18-13-8-2-1-5-9-17(13)10-12-15-14(16-19-12)11-6-3-4-7-11/h11H,1-10H2. The molecule has 2 fully saturated rings. The lowest BCUT2D eigenvalue weighted by Crippen LogP contribution is -2.29. The molecule has 0 atom stereocenters. The molecule has 104 valence electrons. The maximum Gasteiger partial charge on any atom is 0.246 e. The molecule has 1 aromatic rings. The molecular formula is C14H21N3O2. The molecule has 2 heterocycles. The third-order valence-electron chi connectivity index (χ3n) is 4.20. The molecule has 5 heteroatoms. The van der Waals surface area contributed by atoms with E-state index in [2.05, 4.69) is 10.1 Å². The van der Waals surface area contributed by atoms with Crippen LogP contribution in [0.3, 0.4) is 0 Å². The highest BCUT2D eigenvalue weighted by Crippen LogP contribution is 2.32. The Morgan fingerprint density at radius 2 is 2.00 bits per heavy atom. The number of carbonyl (C=O) groups is 1. The van der Waals surface area contributed by atoms with Crippen molar-refractivity contribution in [3.63, 3.8) is 0 Å². The van der Waals surface area contributed by atoms with Gasteiger partial charge in [-0.15, -0.1) is 0 Å². The zero-order valence-electron chi connectivity index (χ0n) is 11.3. The van der Waals surface area contributed by atoms with Crippen molar-refractivity contribution in [1.82, 2.24) is 15.0 Å². The van der Waals surface area contributed by atoms with Gasteiger partial charge in [-0.3, -0.25) is 4.79 Å². The molecular weight excluding hydrogens is 242 g/mol. The van der Waals surface area contributed by atoms with Crippen molar-refractivity contribution in [1.29, 1.82) is 0 Å². The van der Waals surface area contributed by atoms with Gasteiger partial charge in [-0.1, -0.05) is 24.4 Å².